The van der Waals surface area contributed by atoms with Crippen LogP contribution in [0.25, 0.3) is 0 Å². The SMILES string of the molecule is O=C(c1ccc(Br)cc1O)N(CCBr)CC(F)F. The van der Waals surface area contributed by atoms with Gasteiger partial charge in [0.15, 0.2) is 0 Å². The van der Waals surface area contributed by atoms with Crippen molar-refractivity contribution in [2.75, 3.05) is 18.4 Å². The fourth-order valence-electron chi connectivity index (χ4n) is 1.40. The van der Waals surface area contributed by atoms with Crippen molar-refractivity contribution in [2.24, 2.45) is 0 Å². The first-order chi connectivity index (χ1) is 8.45. The first-order valence-electron chi connectivity index (χ1n) is 5.07. The lowest BCUT2D eigenvalue weighted by Crippen LogP contribution is -2.36. The summed E-state index contributed by atoms with van der Waals surface area (Å²) in [5.74, 6) is -0.844. The average Bonchev–Trinajstić information content (AvgIpc) is 2.27. The van der Waals surface area contributed by atoms with Crippen LogP contribution in [-0.4, -0.2) is 40.8 Å². The molecule has 18 heavy (non-hydrogen) atoms. The van der Waals surface area contributed by atoms with E-state index >= 15 is 0 Å². The van der Waals surface area contributed by atoms with Crippen LogP contribution < -0.4 is 0 Å². The number of alkyl halides is 3. The normalized spacial score (nSPS) is 10.7. The van der Waals surface area contributed by atoms with Crippen LogP contribution in [0.15, 0.2) is 22.7 Å². The summed E-state index contributed by atoms with van der Waals surface area (Å²) in [6.07, 6.45) is -2.61. The van der Waals surface area contributed by atoms with E-state index in [0.29, 0.717) is 9.80 Å². The highest BCUT2D eigenvalue weighted by Crippen LogP contribution is 2.23. The van der Waals surface area contributed by atoms with E-state index in [1.165, 1.54) is 12.1 Å². The lowest BCUT2D eigenvalue weighted by Gasteiger charge is -2.21. The van der Waals surface area contributed by atoms with Gasteiger partial charge in [-0.2, -0.15) is 0 Å². The quantitative estimate of drug-likeness (QED) is 0.789. The van der Waals surface area contributed by atoms with Crippen LogP contribution in [0.5, 0.6) is 5.75 Å². The van der Waals surface area contributed by atoms with Gasteiger partial charge in [-0.3, -0.25) is 4.79 Å². The van der Waals surface area contributed by atoms with Crippen LogP contribution in [0.2, 0.25) is 0 Å². The Hall–Kier alpha value is -0.690. The third-order valence-electron chi connectivity index (χ3n) is 2.19. The van der Waals surface area contributed by atoms with Crippen molar-refractivity contribution < 1.29 is 18.7 Å². The summed E-state index contributed by atoms with van der Waals surface area (Å²) in [5.41, 5.74) is 0.0137. The van der Waals surface area contributed by atoms with E-state index in [0.717, 1.165) is 4.90 Å². The first-order valence-corrected chi connectivity index (χ1v) is 6.99. The first kappa shape index (κ1) is 15.4. The molecular weight excluding hydrogens is 376 g/mol. The largest absolute Gasteiger partial charge is 0.507 e. The summed E-state index contributed by atoms with van der Waals surface area (Å²) < 4.78 is 25.3. The van der Waals surface area contributed by atoms with Crippen LogP contribution in [0.1, 0.15) is 10.4 Å². The molecule has 1 rings (SSSR count). The van der Waals surface area contributed by atoms with Gasteiger partial charge < -0.3 is 10.0 Å². The predicted molar refractivity (Wildman–Crippen MR) is 71.5 cm³/mol. The Morgan fingerprint density at radius 3 is 2.61 bits per heavy atom. The second kappa shape index (κ2) is 7.04. The molecule has 0 atom stereocenters. The maximum Gasteiger partial charge on any atom is 0.257 e. The molecule has 1 N–H and O–H groups in total. The van der Waals surface area contributed by atoms with Gasteiger partial charge in [-0.1, -0.05) is 31.9 Å². The number of amides is 1. The molecule has 0 unspecified atom stereocenters. The second-order valence-corrected chi connectivity index (χ2v) is 5.20. The summed E-state index contributed by atoms with van der Waals surface area (Å²) in [6.45, 7) is -0.501. The van der Waals surface area contributed by atoms with Crippen molar-refractivity contribution in [1.82, 2.24) is 4.90 Å². The van der Waals surface area contributed by atoms with E-state index in [2.05, 4.69) is 31.9 Å². The van der Waals surface area contributed by atoms with Gasteiger partial charge >= 0.3 is 0 Å². The summed E-state index contributed by atoms with van der Waals surface area (Å²) in [5, 5.41) is 10.0. The molecule has 0 spiro atoms. The number of carbonyl (C=O) groups excluding carboxylic acids is 1. The van der Waals surface area contributed by atoms with Crippen molar-refractivity contribution in [3.63, 3.8) is 0 Å². The van der Waals surface area contributed by atoms with Gasteiger partial charge in [-0.15, -0.1) is 0 Å². The fourth-order valence-corrected chi connectivity index (χ4v) is 2.18. The molecular formula is C11H11Br2F2NO2. The molecule has 0 aliphatic carbocycles. The molecule has 0 aromatic heterocycles. The van der Waals surface area contributed by atoms with Crippen LogP contribution in [-0.2, 0) is 0 Å². The van der Waals surface area contributed by atoms with E-state index in [-0.39, 0.29) is 17.9 Å². The molecule has 0 aliphatic rings. The van der Waals surface area contributed by atoms with Gasteiger partial charge in [0.05, 0.1) is 12.1 Å². The molecule has 0 aliphatic heterocycles. The number of nitrogens with zero attached hydrogens (tertiary/aromatic N) is 1. The molecule has 0 saturated heterocycles. The highest BCUT2D eigenvalue weighted by atomic mass is 79.9. The molecule has 0 fully saturated rings. The number of benzene rings is 1. The van der Waals surface area contributed by atoms with Crippen LogP contribution in [0.3, 0.4) is 0 Å². The molecule has 0 radical (unpaired) electrons. The van der Waals surface area contributed by atoms with E-state index in [1.54, 1.807) is 6.07 Å². The number of hydrogen-bond donors (Lipinski definition) is 1. The maximum atomic E-state index is 12.4. The summed E-state index contributed by atoms with van der Waals surface area (Å²) in [4.78, 5) is 13.0. The van der Waals surface area contributed by atoms with E-state index in [1.807, 2.05) is 0 Å². The second-order valence-electron chi connectivity index (χ2n) is 3.49. The van der Waals surface area contributed by atoms with Crippen molar-refractivity contribution >= 4 is 37.8 Å². The van der Waals surface area contributed by atoms with Gasteiger partial charge in [0, 0.05) is 16.3 Å². The zero-order valence-corrected chi connectivity index (χ0v) is 12.4. The molecule has 0 saturated carbocycles. The Morgan fingerprint density at radius 1 is 1.44 bits per heavy atom. The molecule has 1 aromatic rings. The van der Waals surface area contributed by atoms with Crippen molar-refractivity contribution in [3.8, 4) is 5.75 Å². The third-order valence-corrected chi connectivity index (χ3v) is 3.04. The molecule has 100 valence electrons. The van der Waals surface area contributed by atoms with Crippen LogP contribution in [0, 0.1) is 0 Å². The number of rotatable bonds is 5. The smallest absolute Gasteiger partial charge is 0.257 e. The van der Waals surface area contributed by atoms with Crippen molar-refractivity contribution in [2.45, 2.75) is 6.43 Å². The highest BCUT2D eigenvalue weighted by Gasteiger charge is 2.21. The molecule has 7 heteroatoms. The Bertz CT molecular complexity index is 430. The molecule has 1 aromatic carbocycles. The number of hydrogen-bond acceptors (Lipinski definition) is 2. The van der Waals surface area contributed by atoms with Gasteiger partial charge in [0.25, 0.3) is 12.3 Å². The van der Waals surface area contributed by atoms with Gasteiger partial charge in [-0.05, 0) is 18.2 Å². The minimum absolute atomic E-state index is 0.0137. The molecule has 0 bridgehead atoms. The maximum absolute atomic E-state index is 12.4. The Kier molecular flexibility index (Phi) is 6.01. The Labute approximate surface area is 120 Å². The minimum atomic E-state index is -2.61. The molecule has 0 heterocycles. The summed E-state index contributed by atoms with van der Waals surface area (Å²) in [7, 11) is 0. The Morgan fingerprint density at radius 2 is 2.11 bits per heavy atom. The predicted octanol–water partition coefficient (Wildman–Crippen LogP) is 3.26. The number of halogens is 4. The zero-order valence-electron chi connectivity index (χ0n) is 9.25. The summed E-state index contributed by atoms with van der Waals surface area (Å²) in [6, 6.07) is 4.32. The number of phenolic OH excluding ortho intramolecular Hbond substituents is 1. The number of carbonyl (C=O) groups is 1. The van der Waals surface area contributed by atoms with Gasteiger partial charge in [-0.25, -0.2) is 8.78 Å². The summed E-state index contributed by atoms with van der Waals surface area (Å²) >= 11 is 6.24. The van der Waals surface area contributed by atoms with Crippen molar-refractivity contribution in [1.29, 1.82) is 0 Å². The molecule has 3 nitrogen and oxygen atoms in total. The van der Waals surface area contributed by atoms with Crippen LogP contribution >= 0.6 is 31.9 Å². The lowest BCUT2D eigenvalue weighted by atomic mass is 10.1. The highest BCUT2D eigenvalue weighted by molar-refractivity contribution is 9.10. The zero-order chi connectivity index (χ0) is 13.7. The third kappa shape index (κ3) is 4.20. The standard InChI is InChI=1S/C11H11Br2F2NO2/c12-3-4-16(6-10(14)15)11(18)8-2-1-7(13)5-9(8)17/h1-2,5,10,17H,3-4,6H2. The average molecular weight is 387 g/mol. The monoisotopic (exact) mass is 385 g/mol. The van der Waals surface area contributed by atoms with Gasteiger partial charge in [0.1, 0.15) is 5.75 Å². The van der Waals surface area contributed by atoms with Gasteiger partial charge in [0.2, 0.25) is 0 Å². The fraction of sp³-hybridized carbons (Fsp3) is 0.364. The van der Waals surface area contributed by atoms with E-state index in [4.69, 9.17) is 0 Å². The van der Waals surface area contributed by atoms with E-state index in [9.17, 15) is 18.7 Å². The topological polar surface area (TPSA) is 40.5 Å². The Balaban J connectivity index is 2.94. The minimum Gasteiger partial charge on any atom is -0.507 e. The van der Waals surface area contributed by atoms with E-state index < -0.39 is 18.9 Å². The van der Waals surface area contributed by atoms with Crippen LogP contribution in [0.4, 0.5) is 8.78 Å². The number of phenols is 1. The number of aromatic hydroxyl groups is 1. The lowest BCUT2D eigenvalue weighted by molar-refractivity contribution is 0.0570. The molecule has 1 amide bonds. The van der Waals surface area contributed by atoms with Crippen molar-refractivity contribution in [3.05, 3.63) is 28.2 Å².